The summed E-state index contributed by atoms with van der Waals surface area (Å²) >= 11 is 0. The van der Waals surface area contributed by atoms with Gasteiger partial charge in [-0.1, -0.05) is 12.1 Å². The van der Waals surface area contributed by atoms with Gasteiger partial charge >= 0.3 is 6.03 Å². The zero-order valence-electron chi connectivity index (χ0n) is 12.9. The van der Waals surface area contributed by atoms with Gasteiger partial charge in [-0.15, -0.1) is 0 Å². The number of benzene rings is 1. The van der Waals surface area contributed by atoms with E-state index in [1.165, 1.54) is 0 Å². The molecule has 0 saturated heterocycles. The van der Waals surface area contributed by atoms with E-state index in [0.29, 0.717) is 5.69 Å². The van der Waals surface area contributed by atoms with Crippen LogP contribution in [0.3, 0.4) is 0 Å². The molecule has 1 rings (SSSR count). The fourth-order valence-corrected chi connectivity index (χ4v) is 1.74. The van der Waals surface area contributed by atoms with Gasteiger partial charge < -0.3 is 21.1 Å². The number of hydrogen-bond acceptors (Lipinski definition) is 3. The van der Waals surface area contributed by atoms with E-state index < -0.39 is 11.5 Å². The Morgan fingerprint density at radius 2 is 1.81 bits per heavy atom. The molecular weight excluding hydrogens is 270 g/mol. The zero-order chi connectivity index (χ0) is 16.0. The molecule has 0 aliphatic carbocycles. The second-order valence-corrected chi connectivity index (χ2v) is 5.57. The Morgan fingerprint density at radius 3 is 2.29 bits per heavy atom. The van der Waals surface area contributed by atoms with Crippen molar-refractivity contribution >= 4 is 17.6 Å². The molecule has 1 unspecified atom stereocenters. The van der Waals surface area contributed by atoms with Crippen LogP contribution in [0.4, 0.5) is 10.5 Å². The molecule has 6 heteroatoms. The molecule has 1 aromatic rings. The Labute approximate surface area is 124 Å². The summed E-state index contributed by atoms with van der Waals surface area (Å²) in [6.07, 6.45) is -0.541. The Bertz CT molecular complexity index is 495. The lowest BCUT2D eigenvalue weighted by Gasteiger charge is -2.22. The average molecular weight is 293 g/mol. The maximum Gasteiger partial charge on any atom is 0.319 e. The minimum absolute atomic E-state index is 0.135. The van der Waals surface area contributed by atoms with Gasteiger partial charge in [-0.3, -0.25) is 4.79 Å². The minimum atomic E-state index is -0.678. The number of carbonyl (C=O) groups excluding carboxylic acids is 2. The highest BCUT2D eigenvalue weighted by Crippen LogP contribution is 2.16. The number of urea groups is 1. The molecule has 0 spiro atoms. The highest BCUT2D eigenvalue weighted by atomic mass is 16.3. The molecule has 0 aliphatic heterocycles. The summed E-state index contributed by atoms with van der Waals surface area (Å²) < 4.78 is 0. The van der Waals surface area contributed by atoms with Gasteiger partial charge in [0.2, 0.25) is 5.91 Å². The summed E-state index contributed by atoms with van der Waals surface area (Å²) in [7, 11) is 1.56. The minimum Gasteiger partial charge on any atom is -0.389 e. The summed E-state index contributed by atoms with van der Waals surface area (Å²) in [5.41, 5.74) is 0.721. The second-order valence-electron chi connectivity index (χ2n) is 5.57. The standard InChI is InChI=1S/C15H23N3O3/c1-10(19)11-5-7-12(8-6-11)18-14(21)17-9-15(2,3)13(20)16-4/h5-8,10,19H,9H2,1-4H3,(H,16,20)(H2,17,18,21). The monoisotopic (exact) mass is 293 g/mol. The molecule has 1 atom stereocenters. The molecule has 3 amide bonds. The maximum absolute atomic E-state index is 11.8. The first-order valence-electron chi connectivity index (χ1n) is 6.81. The van der Waals surface area contributed by atoms with E-state index in [2.05, 4.69) is 16.0 Å². The van der Waals surface area contributed by atoms with Gasteiger partial charge in [-0.05, 0) is 38.5 Å². The molecule has 0 saturated carbocycles. The predicted octanol–water partition coefficient (Wildman–Crippen LogP) is 1.63. The van der Waals surface area contributed by atoms with Crippen molar-refractivity contribution in [1.29, 1.82) is 0 Å². The van der Waals surface area contributed by atoms with Crippen LogP contribution < -0.4 is 16.0 Å². The molecule has 0 bridgehead atoms. The molecule has 0 aromatic heterocycles. The fraction of sp³-hybridized carbons (Fsp3) is 0.467. The quantitative estimate of drug-likeness (QED) is 0.665. The lowest BCUT2D eigenvalue weighted by Crippen LogP contribution is -2.44. The average Bonchev–Trinajstić information content (AvgIpc) is 2.45. The third-order valence-corrected chi connectivity index (χ3v) is 3.18. The van der Waals surface area contributed by atoms with Crippen molar-refractivity contribution in [2.75, 3.05) is 18.9 Å². The molecular formula is C15H23N3O3. The van der Waals surface area contributed by atoms with Crippen molar-refractivity contribution in [3.63, 3.8) is 0 Å². The van der Waals surface area contributed by atoms with Gasteiger partial charge in [0.15, 0.2) is 0 Å². The summed E-state index contributed by atoms with van der Waals surface area (Å²) in [6, 6.07) is 6.54. The van der Waals surface area contributed by atoms with Gasteiger partial charge in [-0.2, -0.15) is 0 Å². The van der Waals surface area contributed by atoms with Crippen molar-refractivity contribution in [3.05, 3.63) is 29.8 Å². The predicted molar refractivity (Wildman–Crippen MR) is 81.9 cm³/mol. The Morgan fingerprint density at radius 1 is 1.24 bits per heavy atom. The van der Waals surface area contributed by atoms with Gasteiger partial charge in [0.1, 0.15) is 0 Å². The molecule has 21 heavy (non-hydrogen) atoms. The van der Waals surface area contributed by atoms with Crippen LogP contribution in [0, 0.1) is 5.41 Å². The van der Waals surface area contributed by atoms with Crippen molar-refractivity contribution in [2.45, 2.75) is 26.9 Å². The first-order valence-corrected chi connectivity index (χ1v) is 6.81. The van der Waals surface area contributed by atoms with Crippen LogP contribution in [0.2, 0.25) is 0 Å². The van der Waals surface area contributed by atoms with Gasteiger partial charge in [0.25, 0.3) is 0 Å². The van der Waals surface area contributed by atoms with E-state index in [9.17, 15) is 14.7 Å². The Balaban J connectivity index is 2.52. The van der Waals surface area contributed by atoms with Crippen molar-refractivity contribution < 1.29 is 14.7 Å². The number of nitrogens with one attached hydrogen (secondary N) is 3. The first-order chi connectivity index (χ1) is 9.76. The van der Waals surface area contributed by atoms with Gasteiger partial charge in [-0.25, -0.2) is 4.79 Å². The SMILES string of the molecule is CNC(=O)C(C)(C)CNC(=O)Nc1ccc(C(C)O)cc1. The van der Waals surface area contributed by atoms with Crippen molar-refractivity contribution in [2.24, 2.45) is 5.41 Å². The largest absolute Gasteiger partial charge is 0.389 e. The number of rotatable bonds is 5. The highest BCUT2D eigenvalue weighted by molar-refractivity contribution is 5.90. The van der Waals surface area contributed by atoms with Crippen LogP contribution >= 0.6 is 0 Å². The van der Waals surface area contributed by atoms with E-state index in [1.54, 1.807) is 52.1 Å². The van der Waals surface area contributed by atoms with Crippen LogP contribution in [-0.2, 0) is 4.79 Å². The van der Waals surface area contributed by atoms with Crippen molar-refractivity contribution in [1.82, 2.24) is 10.6 Å². The molecule has 4 N–H and O–H groups in total. The number of aliphatic hydroxyl groups excluding tert-OH is 1. The lowest BCUT2D eigenvalue weighted by atomic mass is 9.92. The summed E-state index contributed by atoms with van der Waals surface area (Å²) in [5, 5.41) is 17.3. The summed E-state index contributed by atoms with van der Waals surface area (Å²) in [6.45, 7) is 5.41. The highest BCUT2D eigenvalue weighted by Gasteiger charge is 2.26. The van der Waals surface area contributed by atoms with Gasteiger partial charge in [0, 0.05) is 19.3 Å². The van der Waals surface area contributed by atoms with Crippen LogP contribution in [-0.4, -0.2) is 30.6 Å². The molecule has 1 aromatic carbocycles. The van der Waals surface area contributed by atoms with Gasteiger partial charge in [0.05, 0.1) is 11.5 Å². The van der Waals surface area contributed by atoms with E-state index in [1.807, 2.05) is 0 Å². The molecule has 0 heterocycles. The van der Waals surface area contributed by atoms with Crippen LogP contribution in [0.25, 0.3) is 0 Å². The van der Waals surface area contributed by atoms with Crippen LogP contribution in [0.15, 0.2) is 24.3 Å². The first kappa shape index (κ1) is 17.0. The van der Waals surface area contributed by atoms with E-state index in [-0.39, 0.29) is 18.5 Å². The zero-order valence-corrected chi connectivity index (χ0v) is 12.9. The van der Waals surface area contributed by atoms with E-state index >= 15 is 0 Å². The van der Waals surface area contributed by atoms with Crippen molar-refractivity contribution in [3.8, 4) is 0 Å². The smallest absolute Gasteiger partial charge is 0.319 e. The fourth-order valence-electron chi connectivity index (χ4n) is 1.74. The third-order valence-electron chi connectivity index (χ3n) is 3.18. The molecule has 116 valence electrons. The Kier molecular flexibility index (Phi) is 5.72. The molecule has 0 aliphatic rings. The topological polar surface area (TPSA) is 90.5 Å². The third kappa shape index (κ3) is 5.07. The number of carbonyl (C=O) groups is 2. The Hall–Kier alpha value is -2.08. The number of anilines is 1. The second kappa shape index (κ2) is 7.08. The number of aliphatic hydroxyl groups is 1. The van der Waals surface area contributed by atoms with E-state index in [0.717, 1.165) is 5.56 Å². The molecule has 0 fully saturated rings. The lowest BCUT2D eigenvalue weighted by molar-refractivity contribution is -0.128. The molecule has 0 radical (unpaired) electrons. The van der Waals surface area contributed by atoms with E-state index in [4.69, 9.17) is 0 Å². The van der Waals surface area contributed by atoms with Crippen LogP contribution in [0.1, 0.15) is 32.4 Å². The number of hydrogen-bond donors (Lipinski definition) is 4. The maximum atomic E-state index is 11.8. The number of amides is 3. The summed E-state index contributed by atoms with van der Waals surface area (Å²) in [5.74, 6) is -0.135. The summed E-state index contributed by atoms with van der Waals surface area (Å²) in [4.78, 5) is 23.4. The van der Waals surface area contributed by atoms with Crippen LogP contribution in [0.5, 0.6) is 0 Å². The normalized spacial score (nSPS) is 12.4. The molecule has 6 nitrogen and oxygen atoms in total.